The van der Waals surface area contributed by atoms with Crippen LogP contribution in [0.3, 0.4) is 0 Å². The van der Waals surface area contributed by atoms with Gasteiger partial charge in [0.2, 0.25) is 0 Å². The molecular formula is C8H16N2O2. The highest BCUT2D eigenvalue weighted by molar-refractivity contribution is 5.76. The smallest absolute Gasteiger partial charge is 0.0792 e. The molecule has 0 aromatic heterocycles. The molecule has 0 aliphatic carbocycles. The molecule has 0 bridgehead atoms. The van der Waals surface area contributed by atoms with E-state index >= 15 is 0 Å². The standard InChI is InChI=1S/C8H16N2O2/c1-2-10-5-3-8(9,4-6-10)7(11)12/h2-6,9H2,1H3,(H,11,12). The Labute approximate surface area is 72.3 Å². The summed E-state index contributed by atoms with van der Waals surface area (Å²) in [6.45, 7) is 4.84. The van der Waals surface area contributed by atoms with Crippen LogP contribution in [0.4, 0.5) is 0 Å². The molecule has 1 heterocycles. The van der Waals surface area contributed by atoms with E-state index in [4.69, 9.17) is 5.73 Å². The fourth-order valence-electron chi connectivity index (χ4n) is 1.61. The van der Waals surface area contributed by atoms with Crippen molar-refractivity contribution < 1.29 is 14.8 Å². The minimum Gasteiger partial charge on any atom is -0.548 e. The average molecular weight is 172 g/mol. The van der Waals surface area contributed by atoms with Crippen molar-refractivity contribution >= 4 is 5.97 Å². The van der Waals surface area contributed by atoms with Gasteiger partial charge in [-0.1, -0.05) is 0 Å². The number of aliphatic carboxylic acids is 1. The summed E-state index contributed by atoms with van der Waals surface area (Å²) in [5, 5.41) is 10.6. The first kappa shape index (κ1) is 9.48. The van der Waals surface area contributed by atoms with E-state index in [1.807, 2.05) is 0 Å². The number of nitrogens with one attached hydrogen (secondary N) is 1. The third-order valence-electron chi connectivity index (χ3n) is 2.76. The lowest BCUT2D eigenvalue weighted by Gasteiger charge is -2.37. The Balaban J connectivity index is 2.49. The summed E-state index contributed by atoms with van der Waals surface area (Å²) in [4.78, 5) is 12.1. The molecule has 0 spiro atoms. The molecule has 1 rings (SSSR count). The molecule has 3 N–H and O–H groups in total. The van der Waals surface area contributed by atoms with Crippen LogP contribution < -0.4 is 15.7 Å². The first-order valence-electron chi connectivity index (χ1n) is 4.42. The van der Waals surface area contributed by atoms with Crippen LogP contribution in [0.2, 0.25) is 0 Å². The minimum absolute atomic E-state index is 0.540. The maximum Gasteiger partial charge on any atom is 0.0792 e. The van der Waals surface area contributed by atoms with E-state index in [1.54, 1.807) is 0 Å². The minimum atomic E-state index is -1.10. The van der Waals surface area contributed by atoms with Gasteiger partial charge in [0.25, 0.3) is 0 Å². The van der Waals surface area contributed by atoms with Gasteiger partial charge in [0, 0.05) is 12.8 Å². The van der Waals surface area contributed by atoms with Crippen molar-refractivity contribution in [1.82, 2.24) is 0 Å². The number of carbonyl (C=O) groups excluding carboxylic acids is 1. The largest absolute Gasteiger partial charge is 0.548 e. The number of nitrogens with two attached hydrogens (primary N) is 1. The molecule has 0 saturated carbocycles. The van der Waals surface area contributed by atoms with E-state index < -0.39 is 11.5 Å². The molecule has 70 valence electrons. The van der Waals surface area contributed by atoms with Crippen LogP contribution in [-0.2, 0) is 4.79 Å². The maximum absolute atomic E-state index is 10.6. The highest BCUT2D eigenvalue weighted by Gasteiger charge is 2.33. The highest BCUT2D eigenvalue weighted by Crippen LogP contribution is 2.11. The monoisotopic (exact) mass is 172 g/mol. The van der Waals surface area contributed by atoms with Crippen LogP contribution in [0.15, 0.2) is 0 Å². The van der Waals surface area contributed by atoms with Gasteiger partial charge in [0.05, 0.1) is 31.1 Å². The molecule has 1 saturated heterocycles. The van der Waals surface area contributed by atoms with E-state index in [0.717, 1.165) is 19.6 Å². The lowest BCUT2D eigenvalue weighted by Crippen LogP contribution is -3.13. The van der Waals surface area contributed by atoms with Gasteiger partial charge >= 0.3 is 0 Å². The van der Waals surface area contributed by atoms with E-state index in [9.17, 15) is 9.90 Å². The molecule has 0 aromatic carbocycles. The topological polar surface area (TPSA) is 70.6 Å². The molecule has 1 aliphatic rings. The van der Waals surface area contributed by atoms with Crippen LogP contribution in [0.1, 0.15) is 19.8 Å². The lowest BCUT2D eigenvalue weighted by molar-refractivity contribution is -0.904. The van der Waals surface area contributed by atoms with Crippen LogP contribution in [0.5, 0.6) is 0 Å². The lowest BCUT2D eigenvalue weighted by atomic mass is 9.89. The maximum atomic E-state index is 10.6. The summed E-state index contributed by atoms with van der Waals surface area (Å²) in [6.07, 6.45) is 1.08. The zero-order chi connectivity index (χ0) is 9.19. The first-order valence-corrected chi connectivity index (χ1v) is 4.42. The molecule has 0 atom stereocenters. The number of piperidine rings is 1. The van der Waals surface area contributed by atoms with Crippen LogP contribution >= 0.6 is 0 Å². The molecule has 4 heteroatoms. The number of rotatable bonds is 2. The third-order valence-corrected chi connectivity index (χ3v) is 2.76. The van der Waals surface area contributed by atoms with Gasteiger partial charge in [0.1, 0.15) is 0 Å². The van der Waals surface area contributed by atoms with Crippen LogP contribution in [0, 0.1) is 0 Å². The number of carbonyl (C=O) groups is 1. The van der Waals surface area contributed by atoms with Gasteiger partial charge in [0.15, 0.2) is 0 Å². The molecule has 1 aliphatic heterocycles. The number of quaternary nitrogens is 1. The summed E-state index contributed by atoms with van der Waals surface area (Å²) < 4.78 is 0. The van der Waals surface area contributed by atoms with Gasteiger partial charge in [-0.3, -0.25) is 0 Å². The number of hydrogen-bond acceptors (Lipinski definition) is 3. The number of carboxylic acids is 1. The average Bonchev–Trinajstić information content (AvgIpc) is 2.06. The van der Waals surface area contributed by atoms with E-state index in [2.05, 4.69) is 6.92 Å². The van der Waals surface area contributed by atoms with Gasteiger partial charge in [-0.25, -0.2) is 0 Å². The molecule has 1 fully saturated rings. The first-order chi connectivity index (χ1) is 5.58. The summed E-state index contributed by atoms with van der Waals surface area (Å²) in [7, 11) is 0. The second kappa shape index (κ2) is 3.41. The molecular weight excluding hydrogens is 156 g/mol. The molecule has 12 heavy (non-hydrogen) atoms. The fraction of sp³-hybridized carbons (Fsp3) is 0.875. The van der Waals surface area contributed by atoms with Crippen molar-refractivity contribution in [3.63, 3.8) is 0 Å². The fourth-order valence-corrected chi connectivity index (χ4v) is 1.61. The Bertz CT molecular complexity index is 174. The SMILES string of the molecule is CC[NH+]1CCC(N)(C(=O)[O-])CC1. The van der Waals surface area contributed by atoms with Gasteiger partial charge in [-0.05, 0) is 6.92 Å². The summed E-state index contributed by atoms with van der Waals surface area (Å²) in [5.74, 6) is -1.10. The Morgan fingerprint density at radius 3 is 2.42 bits per heavy atom. The highest BCUT2D eigenvalue weighted by atomic mass is 16.4. The Morgan fingerprint density at radius 2 is 2.08 bits per heavy atom. The van der Waals surface area contributed by atoms with Gasteiger partial charge in [-0.15, -0.1) is 0 Å². The molecule has 0 amide bonds. The van der Waals surface area contributed by atoms with Gasteiger partial charge in [-0.2, -0.15) is 0 Å². The predicted molar refractivity (Wildman–Crippen MR) is 42.4 cm³/mol. The van der Waals surface area contributed by atoms with Crippen molar-refractivity contribution in [3.8, 4) is 0 Å². The second-order valence-corrected chi connectivity index (χ2v) is 3.55. The zero-order valence-corrected chi connectivity index (χ0v) is 7.43. The van der Waals surface area contributed by atoms with Crippen molar-refractivity contribution in [3.05, 3.63) is 0 Å². The molecule has 0 radical (unpaired) electrons. The summed E-state index contributed by atoms with van der Waals surface area (Å²) in [6, 6.07) is 0. The summed E-state index contributed by atoms with van der Waals surface area (Å²) >= 11 is 0. The molecule has 0 unspecified atom stereocenters. The van der Waals surface area contributed by atoms with Crippen molar-refractivity contribution in [2.75, 3.05) is 19.6 Å². The predicted octanol–water partition coefficient (Wildman–Crippen LogP) is -2.87. The van der Waals surface area contributed by atoms with Crippen LogP contribution in [-0.4, -0.2) is 31.1 Å². The molecule has 4 nitrogen and oxygen atoms in total. The summed E-state index contributed by atoms with van der Waals surface area (Å²) in [5.41, 5.74) is 4.59. The number of hydrogen-bond donors (Lipinski definition) is 2. The number of carboxylic acid groups (broad SMARTS) is 1. The molecule has 0 aromatic rings. The van der Waals surface area contributed by atoms with Gasteiger partial charge < -0.3 is 20.5 Å². The van der Waals surface area contributed by atoms with Crippen molar-refractivity contribution in [2.45, 2.75) is 25.3 Å². The van der Waals surface area contributed by atoms with E-state index in [1.165, 1.54) is 4.90 Å². The van der Waals surface area contributed by atoms with E-state index in [-0.39, 0.29) is 0 Å². The second-order valence-electron chi connectivity index (χ2n) is 3.55. The number of likely N-dealkylation sites (tertiary alicyclic amines) is 1. The normalized spacial score (nSPS) is 36.3. The zero-order valence-electron chi connectivity index (χ0n) is 7.43. The Hall–Kier alpha value is -0.610. The van der Waals surface area contributed by atoms with E-state index in [0.29, 0.717) is 12.8 Å². The van der Waals surface area contributed by atoms with Crippen molar-refractivity contribution in [2.24, 2.45) is 5.73 Å². The Kier molecular flexibility index (Phi) is 2.69. The third kappa shape index (κ3) is 1.76. The quantitative estimate of drug-likeness (QED) is 0.470. The van der Waals surface area contributed by atoms with Crippen LogP contribution in [0.25, 0.3) is 0 Å². The Morgan fingerprint density at radius 1 is 1.58 bits per heavy atom. The van der Waals surface area contributed by atoms with Crippen molar-refractivity contribution in [1.29, 1.82) is 0 Å².